The third-order valence-corrected chi connectivity index (χ3v) is 9.73. The summed E-state index contributed by atoms with van der Waals surface area (Å²) in [5, 5.41) is 32.1. The van der Waals surface area contributed by atoms with Gasteiger partial charge in [0.1, 0.15) is 5.60 Å². The third-order valence-electron chi connectivity index (χ3n) is 9.73. The lowest BCUT2D eigenvalue weighted by atomic mass is 9.46. The molecule has 0 radical (unpaired) electrons. The Kier molecular flexibility index (Phi) is 6.62. The number of ketones is 2. The number of rotatable bonds is 7. The van der Waals surface area contributed by atoms with Gasteiger partial charge in [-0.25, -0.2) is 0 Å². The molecule has 198 valence electrons. The fourth-order valence-corrected chi connectivity index (χ4v) is 7.97. The van der Waals surface area contributed by atoms with E-state index in [1.54, 1.807) is 26.0 Å². The van der Waals surface area contributed by atoms with Crippen LogP contribution >= 0.6 is 0 Å². The van der Waals surface area contributed by atoms with Crippen LogP contribution in [0.4, 0.5) is 0 Å². The number of allylic oxidation sites excluding steroid dienone is 4. The summed E-state index contributed by atoms with van der Waals surface area (Å²) in [6.07, 6.45) is 6.69. The lowest BCUT2D eigenvalue weighted by Gasteiger charge is -2.59. The Hall–Kier alpha value is -2.32. The number of carboxylic acid groups (broad SMARTS) is 1. The fraction of sp³-hybridized carbons (Fsp3) is 0.714. The van der Waals surface area contributed by atoms with E-state index in [4.69, 9.17) is 9.84 Å². The van der Waals surface area contributed by atoms with Crippen LogP contribution < -0.4 is 0 Å². The van der Waals surface area contributed by atoms with Crippen LogP contribution in [0.15, 0.2) is 23.8 Å². The quantitative estimate of drug-likeness (QED) is 0.452. The zero-order valence-corrected chi connectivity index (χ0v) is 21.6. The molecule has 36 heavy (non-hydrogen) atoms. The van der Waals surface area contributed by atoms with Crippen LogP contribution in [0, 0.1) is 34.0 Å². The number of carbonyl (C=O) groups is 4. The number of carbonyl (C=O) groups excluding carboxylic acids is 3. The molecule has 7 atom stereocenters. The van der Waals surface area contributed by atoms with Gasteiger partial charge in [0.2, 0.25) is 5.78 Å². The molecule has 8 heteroatoms. The summed E-state index contributed by atoms with van der Waals surface area (Å²) in [5.41, 5.74) is -2.80. The molecular formula is C28H38O8. The van der Waals surface area contributed by atoms with E-state index in [1.807, 2.05) is 13.0 Å². The average molecular weight is 503 g/mol. The van der Waals surface area contributed by atoms with Crippen molar-refractivity contribution >= 4 is 23.5 Å². The van der Waals surface area contributed by atoms with Gasteiger partial charge < -0.3 is 20.1 Å². The molecule has 4 aliphatic carbocycles. The summed E-state index contributed by atoms with van der Waals surface area (Å²) in [6.45, 7) is 6.64. The zero-order valence-electron chi connectivity index (χ0n) is 21.6. The SMILES string of the molecule is CC(C)(CC(=O)O)CC(=O)OCC(=O)[C@@]1(O)CC[C@H]2[C@@H]3CCC4=CC(=O)C=C[C@]4(C)[C@H]3[C@H](O)C[C@@]21C. The van der Waals surface area contributed by atoms with E-state index in [-0.39, 0.29) is 49.2 Å². The van der Waals surface area contributed by atoms with Gasteiger partial charge in [0, 0.05) is 16.7 Å². The smallest absolute Gasteiger partial charge is 0.306 e. The molecule has 0 bridgehead atoms. The first-order valence-electron chi connectivity index (χ1n) is 12.9. The van der Waals surface area contributed by atoms with Crippen molar-refractivity contribution in [2.75, 3.05) is 6.61 Å². The molecule has 4 aliphatic rings. The number of carboxylic acids is 1. The van der Waals surface area contributed by atoms with Crippen molar-refractivity contribution < 1.29 is 39.2 Å². The second-order valence-electron chi connectivity index (χ2n) is 12.6. The number of aliphatic hydroxyl groups excluding tert-OH is 1. The Morgan fingerprint density at radius 3 is 2.53 bits per heavy atom. The van der Waals surface area contributed by atoms with E-state index >= 15 is 0 Å². The Labute approximate surface area is 211 Å². The van der Waals surface area contributed by atoms with E-state index in [1.165, 1.54) is 0 Å². The number of hydrogen-bond acceptors (Lipinski definition) is 7. The molecular weight excluding hydrogens is 464 g/mol. The van der Waals surface area contributed by atoms with Gasteiger partial charge in [0.15, 0.2) is 12.4 Å². The van der Waals surface area contributed by atoms with Crippen LogP contribution in [0.3, 0.4) is 0 Å². The van der Waals surface area contributed by atoms with E-state index in [2.05, 4.69) is 6.92 Å². The molecule has 8 nitrogen and oxygen atoms in total. The van der Waals surface area contributed by atoms with Crippen LogP contribution in [-0.2, 0) is 23.9 Å². The normalized spacial score (nSPS) is 39.5. The first-order chi connectivity index (χ1) is 16.6. The summed E-state index contributed by atoms with van der Waals surface area (Å²) < 4.78 is 5.20. The molecule has 3 N–H and O–H groups in total. The molecule has 0 aromatic carbocycles. The second kappa shape index (κ2) is 8.91. The topological polar surface area (TPSA) is 138 Å². The van der Waals surface area contributed by atoms with Gasteiger partial charge in [-0.2, -0.15) is 0 Å². The van der Waals surface area contributed by atoms with Crippen molar-refractivity contribution in [3.63, 3.8) is 0 Å². The minimum Gasteiger partial charge on any atom is -0.481 e. The standard InChI is InChI=1S/C28H38O8/c1-25(2,13-22(32)33)14-23(34)36-15-21(31)28(35)10-8-19-18-6-5-16-11-17(29)7-9-26(16,3)24(18)20(30)12-27(19,28)4/h7,9,11,18-20,24,30,35H,5-6,8,10,12-15H2,1-4H3,(H,32,33)/t18-,19-,20+,24+,26-,27-,28-/m0/s1. The van der Waals surface area contributed by atoms with E-state index in [0.717, 1.165) is 18.4 Å². The highest BCUT2D eigenvalue weighted by atomic mass is 16.5. The highest BCUT2D eigenvalue weighted by Crippen LogP contribution is 2.67. The van der Waals surface area contributed by atoms with Crippen LogP contribution in [-0.4, -0.2) is 57.1 Å². The van der Waals surface area contributed by atoms with Crippen LogP contribution in [0.1, 0.15) is 72.6 Å². The number of ether oxygens (including phenoxy) is 1. The number of esters is 1. The number of aliphatic hydroxyl groups is 2. The number of aliphatic carboxylic acids is 1. The summed E-state index contributed by atoms with van der Waals surface area (Å²) >= 11 is 0. The van der Waals surface area contributed by atoms with E-state index < -0.39 is 52.3 Å². The molecule has 0 aromatic rings. The predicted molar refractivity (Wildman–Crippen MR) is 130 cm³/mol. The maximum absolute atomic E-state index is 13.3. The van der Waals surface area contributed by atoms with Gasteiger partial charge in [-0.3, -0.25) is 19.2 Å². The maximum atomic E-state index is 13.3. The minimum atomic E-state index is -1.73. The van der Waals surface area contributed by atoms with Crippen molar-refractivity contribution in [1.82, 2.24) is 0 Å². The summed E-state index contributed by atoms with van der Waals surface area (Å²) in [6, 6.07) is 0. The van der Waals surface area contributed by atoms with E-state index in [0.29, 0.717) is 6.42 Å². The lowest BCUT2D eigenvalue weighted by Crippen LogP contribution is -2.61. The van der Waals surface area contributed by atoms with Crippen LogP contribution in [0.25, 0.3) is 0 Å². The largest absolute Gasteiger partial charge is 0.481 e. The molecule has 0 unspecified atom stereocenters. The highest BCUT2D eigenvalue weighted by Gasteiger charge is 2.68. The molecule has 0 aromatic heterocycles. The number of fused-ring (bicyclic) bond motifs is 5. The fourth-order valence-electron chi connectivity index (χ4n) is 7.97. The molecule has 0 amide bonds. The van der Waals surface area contributed by atoms with Gasteiger partial charge in [-0.15, -0.1) is 0 Å². The Morgan fingerprint density at radius 1 is 1.17 bits per heavy atom. The maximum Gasteiger partial charge on any atom is 0.306 e. The summed E-state index contributed by atoms with van der Waals surface area (Å²) in [7, 11) is 0. The highest BCUT2D eigenvalue weighted by molar-refractivity contribution is 6.01. The first kappa shape index (κ1) is 26.7. The molecule has 4 rings (SSSR count). The number of hydrogen-bond donors (Lipinski definition) is 3. The predicted octanol–water partition coefficient (Wildman–Crippen LogP) is 3.00. The molecule has 0 spiro atoms. The minimum absolute atomic E-state index is 0.00875. The second-order valence-corrected chi connectivity index (χ2v) is 12.6. The molecule has 3 saturated carbocycles. The summed E-state index contributed by atoms with van der Waals surface area (Å²) in [5.74, 6) is -2.32. The molecule has 3 fully saturated rings. The van der Waals surface area contributed by atoms with Gasteiger partial charge in [-0.1, -0.05) is 39.3 Å². The molecule has 0 saturated heterocycles. The van der Waals surface area contributed by atoms with E-state index in [9.17, 15) is 29.4 Å². The van der Waals surface area contributed by atoms with Gasteiger partial charge in [-0.05, 0) is 61.5 Å². The number of Topliss-reactive ketones (excluding diaryl/α,β-unsaturated/α-hetero) is 1. The van der Waals surface area contributed by atoms with Crippen LogP contribution in [0.5, 0.6) is 0 Å². The molecule has 0 aliphatic heterocycles. The van der Waals surface area contributed by atoms with Crippen molar-refractivity contribution in [3.05, 3.63) is 23.8 Å². The summed E-state index contributed by atoms with van der Waals surface area (Å²) in [4.78, 5) is 48.6. The molecule has 0 heterocycles. The van der Waals surface area contributed by atoms with Gasteiger partial charge in [0.05, 0.1) is 18.9 Å². The third kappa shape index (κ3) is 4.26. The van der Waals surface area contributed by atoms with Gasteiger partial charge in [0.25, 0.3) is 0 Å². The Morgan fingerprint density at radius 2 is 1.86 bits per heavy atom. The van der Waals surface area contributed by atoms with Crippen molar-refractivity contribution in [2.45, 2.75) is 84.3 Å². The average Bonchev–Trinajstić information content (AvgIpc) is 3.02. The van der Waals surface area contributed by atoms with Crippen molar-refractivity contribution in [2.24, 2.45) is 34.0 Å². The van der Waals surface area contributed by atoms with Gasteiger partial charge >= 0.3 is 11.9 Å². The Bertz CT molecular complexity index is 1040. The first-order valence-corrected chi connectivity index (χ1v) is 12.9. The monoisotopic (exact) mass is 502 g/mol. The van der Waals surface area contributed by atoms with Crippen molar-refractivity contribution in [3.8, 4) is 0 Å². The lowest BCUT2D eigenvalue weighted by molar-refractivity contribution is -0.181. The van der Waals surface area contributed by atoms with Crippen LogP contribution in [0.2, 0.25) is 0 Å². The Balaban J connectivity index is 1.49. The zero-order chi connectivity index (χ0) is 26.7. The van der Waals surface area contributed by atoms with Crippen molar-refractivity contribution in [1.29, 1.82) is 0 Å².